The van der Waals surface area contributed by atoms with E-state index < -0.39 is 10.0 Å². The van der Waals surface area contributed by atoms with Crippen molar-refractivity contribution < 1.29 is 13.2 Å². The maximum Gasteiger partial charge on any atom is 0.251 e. The third-order valence-corrected chi connectivity index (χ3v) is 8.10. The van der Waals surface area contributed by atoms with E-state index in [1.807, 2.05) is 31.2 Å². The van der Waals surface area contributed by atoms with Gasteiger partial charge in [-0.2, -0.15) is 0 Å². The van der Waals surface area contributed by atoms with Gasteiger partial charge in [0.2, 0.25) is 10.0 Å². The molecule has 2 atom stereocenters. The molecule has 0 radical (unpaired) electrons. The lowest BCUT2D eigenvalue weighted by molar-refractivity contribution is 0.0936. The van der Waals surface area contributed by atoms with E-state index in [-0.39, 0.29) is 18.0 Å². The van der Waals surface area contributed by atoms with Gasteiger partial charge >= 0.3 is 0 Å². The second-order valence-electron chi connectivity index (χ2n) is 8.60. The van der Waals surface area contributed by atoms with E-state index in [4.69, 9.17) is 0 Å². The smallest absolute Gasteiger partial charge is 0.251 e. The summed E-state index contributed by atoms with van der Waals surface area (Å²) in [5, 5.41) is 3.08. The Bertz CT molecular complexity index is 998. The average Bonchev–Trinajstić information content (AvgIpc) is 3.16. The summed E-state index contributed by atoms with van der Waals surface area (Å²) in [7, 11) is -3.55. The Morgan fingerprint density at radius 1 is 1.00 bits per heavy atom. The van der Waals surface area contributed by atoms with Gasteiger partial charge in [-0.25, -0.2) is 13.1 Å². The number of hydrogen-bond donors (Lipinski definition) is 2. The van der Waals surface area contributed by atoms with Crippen LogP contribution in [0.15, 0.2) is 53.4 Å². The highest BCUT2D eigenvalue weighted by Gasteiger charge is 2.28. The summed E-state index contributed by atoms with van der Waals surface area (Å²) < 4.78 is 28.8. The van der Waals surface area contributed by atoms with Crippen LogP contribution in [-0.4, -0.2) is 20.4 Å². The predicted molar refractivity (Wildman–Crippen MR) is 118 cm³/mol. The number of rotatable bonds is 6. The lowest BCUT2D eigenvalue weighted by Gasteiger charge is -2.28. The van der Waals surface area contributed by atoms with Crippen molar-refractivity contribution >= 4 is 15.9 Å². The Labute approximate surface area is 179 Å². The maximum absolute atomic E-state index is 12.9. The van der Waals surface area contributed by atoms with Crippen molar-refractivity contribution in [1.82, 2.24) is 10.0 Å². The van der Waals surface area contributed by atoms with Crippen LogP contribution in [0.1, 0.15) is 73.0 Å². The molecule has 160 valence electrons. The predicted octanol–water partition coefficient (Wildman–Crippen LogP) is 4.35. The van der Waals surface area contributed by atoms with Crippen LogP contribution >= 0.6 is 0 Å². The van der Waals surface area contributed by atoms with E-state index in [1.165, 1.54) is 19.3 Å². The molecule has 0 aliphatic heterocycles. The first-order valence-corrected chi connectivity index (χ1v) is 12.4. The fourth-order valence-corrected chi connectivity index (χ4v) is 6.15. The Morgan fingerprint density at radius 2 is 1.73 bits per heavy atom. The minimum absolute atomic E-state index is 0.0542. The fraction of sp³-hybridized carbons (Fsp3) is 0.458. The Hall–Kier alpha value is -2.18. The molecule has 0 bridgehead atoms. The molecule has 0 heterocycles. The second kappa shape index (κ2) is 8.90. The molecule has 0 saturated heterocycles. The zero-order valence-corrected chi connectivity index (χ0v) is 18.3. The molecule has 1 saturated carbocycles. The first-order valence-electron chi connectivity index (χ1n) is 10.9. The van der Waals surface area contributed by atoms with Crippen LogP contribution in [0.25, 0.3) is 0 Å². The lowest BCUT2D eigenvalue weighted by atomic mass is 9.85. The summed E-state index contributed by atoms with van der Waals surface area (Å²) in [6.07, 6.45) is 7.35. The highest BCUT2D eigenvalue weighted by Crippen LogP contribution is 2.33. The van der Waals surface area contributed by atoms with Crippen LogP contribution in [0, 0.1) is 5.92 Å². The quantitative estimate of drug-likeness (QED) is 0.721. The maximum atomic E-state index is 12.9. The molecule has 2 aromatic carbocycles. The molecule has 2 aliphatic rings. The zero-order chi connectivity index (χ0) is 21.1. The Morgan fingerprint density at radius 3 is 2.47 bits per heavy atom. The van der Waals surface area contributed by atoms with Crippen molar-refractivity contribution in [2.45, 2.75) is 68.8 Å². The number of sulfonamides is 1. The van der Waals surface area contributed by atoms with Crippen molar-refractivity contribution in [3.63, 3.8) is 0 Å². The van der Waals surface area contributed by atoms with Crippen LogP contribution in [0.4, 0.5) is 0 Å². The van der Waals surface area contributed by atoms with Crippen LogP contribution in [0.5, 0.6) is 0 Å². The zero-order valence-electron chi connectivity index (χ0n) is 17.4. The molecule has 5 nitrogen and oxygen atoms in total. The molecule has 2 unspecified atom stereocenters. The Kier molecular flexibility index (Phi) is 6.25. The van der Waals surface area contributed by atoms with Gasteiger partial charge in [0, 0.05) is 11.6 Å². The minimum atomic E-state index is -3.55. The van der Waals surface area contributed by atoms with Gasteiger partial charge in [0.15, 0.2) is 0 Å². The molecule has 4 rings (SSSR count). The number of amides is 1. The van der Waals surface area contributed by atoms with Crippen molar-refractivity contribution in [2.24, 2.45) is 5.92 Å². The summed E-state index contributed by atoms with van der Waals surface area (Å²) in [6, 6.07) is 14.3. The SMILES string of the molecule is CC(NS(=O)(=O)c1ccc2c(c1)CCC2NC(=O)c1ccccc1)C1CCCCC1. The van der Waals surface area contributed by atoms with Gasteiger partial charge in [0.1, 0.15) is 0 Å². The number of hydrogen-bond acceptors (Lipinski definition) is 3. The molecule has 1 fully saturated rings. The summed E-state index contributed by atoms with van der Waals surface area (Å²) in [5.41, 5.74) is 2.64. The summed E-state index contributed by atoms with van der Waals surface area (Å²) >= 11 is 0. The topological polar surface area (TPSA) is 75.3 Å². The van der Waals surface area contributed by atoms with Gasteiger partial charge in [-0.3, -0.25) is 4.79 Å². The monoisotopic (exact) mass is 426 g/mol. The van der Waals surface area contributed by atoms with Gasteiger partial charge in [0.05, 0.1) is 10.9 Å². The number of aryl methyl sites for hydroxylation is 1. The van der Waals surface area contributed by atoms with Gasteiger partial charge in [-0.05, 0) is 73.9 Å². The van der Waals surface area contributed by atoms with E-state index in [1.54, 1.807) is 24.3 Å². The van der Waals surface area contributed by atoms with E-state index in [0.29, 0.717) is 16.4 Å². The highest BCUT2D eigenvalue weighted by atomic mass is 32.2. The standard InChI is InChI=1S/C24H30N2O3S/c1-17(18-8-4-2-5-9-18)26-30(28,29)21-13-14-22-20(16-21)12-15-23(22)25-24(27)19-10-6-3-7-11-19/h3,6-7,10-11,13-14,16-18,23,26H,2,4-5,8-9,12,15H2,1H3,(H,25,27). The number of nitrogens with one attached hydrogen (secondary N) is 2. The van der Waals surface area contributed by atoms with Crippen LogP contribution in [0.2, 0.25) is 0 Å². The lowest BCUT2D eigenvalue weighted by Crippen LogP contribution is -2.38. The van der Waals surface area contributed by atoms with Gasteiger partial charge in [-0.1, -0.05) is 43.5 Å². The van der Waals surface area contributed by atoms with Crippen molar-refractivity contribution in [2.75, 3.05) is 0 Å². The Balaban J connectivity index is 1.45. The molecule has 30 heavy (non-hydrogen) atoms. The third-order valence-electron chi connectivity index (χ3n) is 6.54. The van der Waals surface area contributed by atoms with E-state index in [9.17, 15) is 13.2 Å². The van der Waals surface area contributed by atoms with Crippen molar-refractivity contribution in [1.29, 1.82) is 0 Å². The van der Waals surface area contributed by atoms with Crippen LogP contribution in [-0.2, 0) is 16.4 Å². The third kappa shape index (κ3) is 4.60. The van der Waals surface area contributed by atoms with Crippen LogP contribution in [0.3, 0.4) is 0 Å². The van der Waals surface area contributed by atoms with E-state index in [0.717, 1.165) is 36.8 Å². The first-order chi connectivity index (χ1) is 14.4. The molecule has 2 N–H and O–H groups in total. The van der Waals surface area contributed by atoms with Gasteiger partial charge in [0.25, 0.3) is 5.91 Å². The number of carbonyl (C=O) groups is 1. The van der Waals surface area contributed by atoms with E-state index >= 15 is 0 Å². The number of carbonyl (C=O) groups excluding carboxylic acids is 1. The largest absolute Gasteiger partial charge is 0.345 e. The molecule has 2 aromatic rings. The number of fused-ring (bicyclic) bond motifs is 1. The van der Waals surface area contributed by atoms with Crippen molar-refractivity contribution in [3.05, 3.63) is 65.2 Å². The molecule has 1 amide bonds. The molecular formula is C24H30N2O3S. The van der Waals surface area contributed by atoms with Crippen molar-refractivity contribution in [3.8, 4) is 0 Å². The molecule has 0 spiro atoms. The average molecular weight is 427 g/mol. The summed E-state index contributed by atoms with van der Waals surface area (Å²) in [6.45, 7) is 1.98. The summed E-state index contributed by atoms with van der Waals surface area (Å²) in [4.78, 5) is 12.8. The molecule has 6 heteroatoms. The normalized spacial score (nSPS) is 20.5. The van der Waals surface area contributed by atoms with Crippen LogP contribution < -0.4 is 10.0 Å². The highest BCUT2D eigenvalue weighted by molar-refractivity contribution is 7.89. The number of benzene rings is 2. The minimum Gasteiger partial charge on any atom is -0.345 e. The van der Waals surface area contributed by atoms with Gasteiger partial charge < -0.3 is 5.32 Å². The van der Waals surface area contributed by atoms with Gasteiger partial charge in [-0.15, -0.1) is 0 Å². The first kappa shape index (κ1) is 21.1. The van der Waals surface area contributed by atoms with E-state index in [2.05, 4.69) is 10.0 Å². The fourth-order valence-electron chi connectivity index (χ4n) is 4.79. The molecule has 0 aromatic heterocycles. The molecular weight excluding hydrogens is 396 g/mol. The second-order valence-corrected chi connectivity index (χ2v) is 10.3. The molecule has 2 aliphatic carbocycles. The summed E-state index contributed by atoms with van der Waals surface area (Å²) in [5.74, 6) is 0.314.